The van der Waals surface area contributed by atoms with Crippen LogP contribution in [0.25, 0.3) is 0 Å². The molecule has 1 aromatic rings. The third kappa shape index (κ3) is 3.71. The first kappa shape index (κ1) is 16.0. The summed E-state index contributed by atoms with van der Waals surface area (Å²) >= 11 is 0. The highest BCUT2D eigenvalue weighted by Crippen LogP contribution is 2.27. The van der Waals surface area contributed by atoms with Crippen LogP contribution in [0.1, 0.15) is 28.8 Å². The first-order valence-corrected chi connectivity index (χ1v) is 7.90. The fourth-order valence-corrected chi connectivity index (χ4v) is 3.11. The van der Waals surface area contributed by atoms with Gasteiger partial charge in [0, 0.05) is 26.0 Å². The molecule has 0 radical (unpaired) electrons. The van der Waals surface area contributed by atoms with Crippen LogP contribution in [0, 0.1) is 0 Å². The number of morpholine rings is 1. The molecule has 1 amide bonds. The molecule has 1 aromatic carbocycles. The highest BCUT2D eigenvalue weighted by molar-refractivity contribution is 5.87. The summed E-state index contributed by atoms with van der Waals surface area (Å²) in [4.78, 5) is 25.1. The maximum atomic E-state index is 12.4. The van der Waals surface area contributed by atoms with Gasteiger partial charge in [-0.25, -0.2) is 4.79 Å². The van der Waals surface area contributed by atoms with Gasteiger partial charge >= 0.3 is 5.97 Å². The summed E-state index contributed by atoms with van der Waals surface area (Å²) in [6, 6.07) is 6.67. The Kier molecular flexibility index (Phi) is 4.63. The fraction of sp³-hybridized carbons (Fsp3) is 0.529. The molecule has 0 aliphatic carbocycles. The molecule has 2 aliphatic heterocycles. The fourth-order valence-electron chi connectivity index (χ4n) is 3.11. The Morgan fingerprint density at radius 3 is 2.65 bits per heavy atom. The summed E-state index contributed by atoms with van der Waals surface area (Å²) in [6.45, 7) is 3.04. The van der Waals surface area contributed by atoms with Crippen LogP contribution in [-0.4, -0.2) is 60.4 Å². The Bertz CT molecular complexity index is 577. The number of hydrogen-bond donors (Lipinski definition) is 1. The van der Waals surface area contributed by atoms with E-state index in [-0.39, 0.29) is 17.1 Å². The first-order chi connectivity index (χ1) is 11.1. The molecule has 1 spiro atoms. The van der Waals surface area contributed by atoms with Crippen LogP contribution in [0.15, 0.2) is 24.3 Å². The second kappa shape index (κ2) is 6.68. The molecule has 23 heavy (non-hydrogen) atoms. The number of nitrogens with zero attached hydrogens (tertiary/aromatic N) is 1. The third-order valence-corrected chi connectivity index (χ3v) is 4.50. The number of aromatic carboxylic acids is 1. The van der Waals surface area contributed by atoms with Gasteiger partial charge < -0.3 is 19.5 Å². The van der Waals surface area contributed by atoms with Crippen molar-refractivity contribution in [2.75, 3.05) is 32.9 Å². The minimum Gasteiger partial charge on any atom is -0.478 e. The van der Waals surface area contributed by atoms with E-state index in [2.05, 4.69) is 0 Å². The van der Waals surface area contributed by atoms with Crippen LogP contribution in [0.4, 0.5) is 0 Å². The van der Waals surface area contributed by atoms with Crippen molar-refractivity contribution in [3.8, 4) is 0 Å². The van der Waals surface area contributed by atoms with Gasteiger partial charge in [-0.15, -0.1) is 0 Å². The van der Waals surface area contributed by atoms with E-state index < -0.39 is 5.97 Å². The van der Waals surface area contributed by atoms with Gasteiger partial charge in [0.1, 0.15) is 5.60 Å². The number of carboxylic acid groups (broad SMARTS) is 1. The highest BCUT2D eigenvalue weighted by Gasteiger charge is 2.41. The second-order valence-corrected chi connectivity index (χ2v) is 6.15. The zero-order valence-corrected chi connectivity index (χ0v) is 13.0. The summed E-state index contributed by atoms with van der Waals surface area (Å²) in [5.41, 5.74) is 0.920. The molecule has 124 valence electrons. The largest absolute Gasteiger partial charge is 0.478 e. The zero-order valence-electron chi connectivity index (χ0n) is 13.0. The predicted molar refractivity (Wildman–Crippen MR) is 82.4 cm³/mol. The Balaban J connectivity index is 1.53. The van der Waals surface area contributed by atoms with Crippen molar-refractivity contribution < 1.29 is 24.2 Å². The van der Waals surface area contributed by atoms with Crippen molar-refractivity contribution in [3.05, 3.63) is 35.4 Å². The van der Waals surface area contributed by atoms with Gasteiger partial charge in [-0.1, -0.05) is 12.1 Å². The molecular weight excluding hydrogens is 298 g/mol. The highest BCUT2D eigenvalue weighted by atomic mass is 16.6. The number of carbonyl (C=O) groups is 2. The molecular formula is C17H21NO5. The maximum Gasteiger partial charge on any atom is 0.335 e. The molecule has 1 N–H and O–H groups in total. The van der Waals surface area contributed by atoms with Crippen molar-refractivity contribution in [2.45, 2.75) is 24.9 Å². The van der Waals surface area contributed by atoms with E-state index in [0.29, 0.717) is 45.8 Å². The quantitative estimate of drug-likeness (QED) is 0.906. The predicted octanol–water partition coefficient (Wildman–Crippen LogP) is 1.34. The normalized spacial score (nSPS) is 24.1. The molecule has 0 saturated carbocycles. The lowest BCUT2D eigenvalue weighted by atomic mass is 10.00. The summed E-state index contributed by atoms with van der Waals surface area (Å²) in [6.07, 6.45) is 1.87. The van der Waals surface area contributed by atoms with Gasteiger partial charge in [-0.2, -0.15) is 0 Å². The standard InChI is InChI=1S/C17H21NO5/c19-15(6-3-13-1-4-14(5-2-13)16(20)21)18-8-10-23-17(11-18)7-9-22-12-17/h1-2,4-5H,3,6-12H2,(H,20,21). The van der Waals surface area contributed by atoms with Crippen molar-refractivity contribution in [1.29, 1.82) is 0 Å². The molecule has 2 fully saturated rings. The molecule has 6 heteroatoms. The van der Waals surface area contributed by atoms with Crippen LogP contribution in [0.3, 0.4) is 0 Å². The number of benzene rings is 1. The van der Waals surface area contributed by atoms with E-state index in [1.807, 2.05) is 4.90 Å². The summed E-state index contributed by atoms with van der Waals surface area (Å²) in [5.74, 6) is -0.827. The van der Waals surface area contributed by atoms with Crippen LogP contribution < -0.4 is 0 Å². The molecule has 2 saturated heterocycles. The van der Waals surface area contributed by atoms with Crippen molar-refractivity contribution in [1.82, 2.24) is 4.90 Å². The molecule has 1 unspecified atom stereocenters. The molecule has 6 nitrogen and oxygen atoms in total. The van der Waals surface area contributed by atoms with Gasteiger partial charge in [0.05, 0.1) is 25.3 Å². The van der Waals surface area contributed by atoms with Gasteiger partial charge in [-0.3, -0.25) is 4.79 Å². The number of hydrogen-bond acceptors (Lipinski definition) is 4. The lowest BCUT2D eigenvalue weighted by Crippen LogP contribution is -2.54. The van der Waals surface area contributed by atoms with Gasteiger partial charge in [-0.05, 0) is 24.1 Å². The van der Waals surface area contributed by atoms with Crippen molar-refractivity contribution >= 4 is 11.9 Å². The summed E-state index contributed by atoms with van der Waals surface area (Å²) < 4.78 is 11.2. The summed E-state index contributed by atoms with van der Waals surface area (Å²) in [7, 11) is 0. The van der Waals surface area contributed by atoms with E-state index in [9.17, 15) is 9.59 Å². The van der Waals surface area contributed by atoms with Crippen LogP contribution in [0.5, 0.6) is 0 Å². The summed E-state index contributed by atoms with van der Waals surface area (Å²) in [5, 5.41) is 8.88. The molecule has 1 atom stereocenters. The zero-order chi connectivity index (χ0) is 16.3. The van der Waals surface area contributed by atoms with E-state index in [0.717, 1.165) is 12.0 Å². The Morgan fingerprint density at radius 1 is 1.22 bits per heavy atom. The third-order valence-electron chi connectivity index (χ3n) is 4.50. The van der Waals surface area contributed by atoms with E-state index >= 15 is 0 Å². The Labute approximate surface area is 135 Å². The number of carbonyl (C=O) groups excluding carboxylic acids is 1. The topological polar surface area (TPSA) is 76.1 Å². The minimum atomic E-state index is -0.940. The van der Waals surface area contributed by atoms with Crippen LogP contribution in [-0.2, 0) is 20.7 Å². The second-order valence-electron chi connectivity index (χ2n) is 6.15. The van der Waals surface area contributed by atoms with Crippen molar-refractivity contribution in [2.24, 2.45) is 0 Å². The van der Waals surface area contributed by atoms with Gasteiger partial charge in [0.25, 0.3) is 0 Å². The lowest BCUT2D eigenvalue weighted by molar-refractivity contribution is -0.150. The smallest absolute Gasteiger partial charge is 0.335 e. The number of rotatable bonds is 4. The van der Waals surface area contributed by atoms with E-state index in [1.165, 1.54) is 0 Å². The average Bonchev–Trinajstić information content (AvgIpc) is 3.00. The number of amides is 1. The Hall–Kier alpha value is -1.92. The molecule has 0 bridgehead atoms. The monoisotopic (exact) mass is 319 g/mol. The van der Waals surface area contributed by atoms with Crippen LogP contribution in [0.2, 0.25) is 0 Å². The maximum absolute atomic E-state index is 12.4. The SMILES string of the molecule is O=C(O)c1ccc(CCC(=O)N2CCOC3(CCOC3)C2)cc1. The van der Waals surface area contributed by atoms with E-state index in [4.69, 9.17) is 14.6 Å². The molecule has 0 aromatic heterocycles. The van der Waals surface area contributed by atoms with Gasteiger partial charge in [0.15, 0.2) is 0 Å². The number of carboxylic acids is 1. The average molecular weight is 319 g/mol. The minimum absolute atomic E-state index is 0.113. The van der Waals surface area contributed by atoms with Gasteiger partial charge in [0.2, 0.25) is 5.91 Å². The first-order valence-electron chi connectivity index (χ1n) is 7.90. The Morgan fingerprint density at radius 2 is 2.00 bits per heavy atom. The van der Waals surface area contributed by atoms with E-state index in [1.54, 1.807) is 24.3 Å². The number of aryl methyl sites for hydroxylation is 1. The van der Waals surface area contributed by atoms with Crippen LogP contribution >= 0.6 is 0 Å². The number of ether oxygens (including phenoxy) is 2. The molecule has 2 heterocycles. The lowest BCUT2D eigenvalue weighted by Gasteiger charge is -2.39. The molecule has 3 rings (SSSR count). The molecule has 2 aliphatic rings. The van der Waals surface area contributed by atoms with Crippen molar-refractivity contribution in [3.63, 3.8) is 0 Å².